The van der Waals surface area contributed by atoms with Crippen LogP contribution in [0.15, 0.2) is 24.3 Å². The number of carbonyl (C=O) groups excluding carboxylic acids is 1. The molecule has 96 valence electrons. The summed E-state index contributed by atoms with van der Waals surface area (Å²) in [7, 11) is 0. The van der Waals surface area contributed by atoms with Crippen molar-refractivity contribution >= 4 is 6.03 Å². The van der Waals surface area contributed by atoms with E-state index in [4.69, 9.17) is 0 Å². The second-order valence-corrected chi connectivity index (χ2v) is 5.27. The number of benzene rings is 1. The average molecular weight is 244 g/mol. The largest absolute Gasteiger partial charge is 0.325 e. The van der Waals surface area contributed by atoms with Crippen molar-refractivity contribution in [1.82, 2.24) is 9.80 Å². The molecular weight excluding hydrogens is 224 g/mol. The number of amides is 2. The highest BCUT2D eigenvalue weighted by Crippen LogP contribution is 2.20. The smallest absolute Gasteiger partial charge is 0.320 e. The Morgan fingerprint density at radius 2 is 1.56 bits per heavy atom. The summed E-state index contributed by atoms with van der Waals surface area (Å²) in [6.45, 7) is 3.56. The fraction of sp³-hybridized carbons (Fsp3) is 0.533. The number of carbonyl (C=O) groups is 1. The van der Waals surface area contributed by atoms with E-state index in [1.54, 1.807) is 0 Å². The van der Waals surface area contributed by atoms with Crippen LogP contribution in [0, 0.1) is 0 Å². The molecule has 18 heavy (non-hydrogen) atoms. The number of hydrogen-bond acceptors (Lipinski definition) is 1. The van der Waals surface area contributed by atoms with Gasteiger partial charge < -0.3 is 9.80 Å². The van der Waals surface area contributed by atoms with Crippen molar-refractivity contribution in [2.45, 2.75) is 32.2 Å². The van der Waals surface area contributed by atoms with Crippen LogP contribution >= 0.6 is 0 Å². The number of fused-ring (bicyclic) bond motifs is 1. The lowest BCUT2D eigenvalue weighted by molar-refractivity contribution is 0.160. The Balaban J connectivity index is 1.76. The molecule has 2 heterocycles. The highest BCUT2D eigenvalue weighted by atomic mass is 16.2. The lowest BCUT2D eigenvalue weighted by Crippen LogP contribution is -2.41. The topological polar surface area (TPSA) is 23.6 Å². The lowest BCUT2D eigenvalue weighted by atomic mass is 10.0. The third-order valence-corrected chi connectivity index (χ3v) is 4.00. The van der Waals surface area contributed by atoms with E-state index in [9.17, 15) is 4.79 Å². The molecule has 1 aromatic carbocycles. The standard InChI is InChI=1S/C15H20N2O/c18-15(16-9-3-4-10-16)17-11-5-8-13-6-1-2-7-14(13)12-17/h1-2,6-7H,3-5,8-12H2. The van der Waals surface area contributed by atoms with Gasteiger partial charge in [0.1, 0.15) is 0 Å². The molecule has 0 bridgehead atoms. The van der Waals surface area contributed by atoms with Gasteiger partial charge in [-0.15, -0.1) is 0 Å². The maximum absolute atomic E-state index is 12.4. The van der Waals surface area contributed by atoms with E-state index in [2.05, 4.69) is 24.3 Å². The third-order valence-electron chi connectivity index (χ3n) is 4.00. The van der Waals surface area contributed by atoms with Crippen LogP contribution in [0.4, 0.5) is 4.79 Å². The molecule has 3 nitrogen and oxygen atoms in total. The van der Waals surface area contributed by atoms with Crippen LogP contribution in [-0.2, 0) is 13.0 Å². The van der Waals surface area contributed by atoms with Crippen molar-refractivity contribution in [3.63, 3.8) is 0 Å². The molecule has 1 fully saturated rings. The maximum atomic E-state index is 12.4. The summed E-state index contributed by atoms with van der Waals surface area (Å²) >= 11 is 0. The molecule has 2 amide bonds. The van der Waals surface area contributed by atoms with Crippen molar-refractivity contribution in [3.8, 4) is 0 Å². The first-order valence-corrected chi connectivity index (χ1v) is 6.95. The molecule has 0 unspecified atom stereocenters. The van der Waals surface area contributed by atoms with Crippen molar-refractivity contribution < 1.29 is 4.79 Å². The highest BCUT2D eigenvalue weighted by Gasteiger charge is 2.25. The molecule has 2 aliphatic heterocycles. The molecule has 0 N–H and O–H groups in total. The zero-order valence-electron chi connectivity index (χ0n) is 10.8. The molecular formula is C15H20N2O. The van der Waals surface area contributed by atoms with Gasteiger partial charge in [-0.3, -0.25) is 0 Å². The SMILES string of the molecule is O=C(N1CCCC1)N1CCCc2ccccc2C1. The average Bonchev–Trinajstić information content (AvgIpc) is 2.84. The minimum absolute atomic E-state index is 0.240. The van der Waals surface area contributed by atoms with E-state index in [0.717, 1.165) is 51.9 Å². The Morgan fingerprint density at radius 1 is 0.889 bits per heavy atom. The van der Waals surface area contributed by atoms with Gasteiger partial charge in [0.2, 0.25) is 0 Å². The van der Waals surface area contributed by atoms with Crippen LogP contribution in [0.1, 0.15) is 30.4 Å². The number of aryl methyl sites for hydroxylation is 1. The minimum Gasteiger partial charge on any atom is -0.325 e. The summed E-state index contributed by atoms with van der Waals surface area (Å²) in [6.07, 6.45) is 4.50. The molecule has 1 saturated heterocycles. The van der Waals surface area contributed by atoms with Gasteiger partial charge in [-0.2, -0.15) is 0 Å². The summed E-state index contributed by atoms with van der Waals surface area (Å²) in [5.74, 6) is 0. The van der Waals surface area contributed by atoms with Crippen LogP contribution in [0.25, 0.3) is 0 Å². The van der Waals surface area contributed by atoms with Gasteiger partial charge in [-0.05, 0) is 36.8 Å². The fourth-order valence-electron chi connectivity index (χ4n) is 2.97. The molecule has 3 rings (SSSR count). The molecule has 0 saturated carbocycles. The van der Waals surface area contributed by atoms with E-state index in [-0.39, 0.29) is 6.03 Å². The Hall–Kier alpha value is -1.51. The molecule has 3 heteroatoms. The molecule has 2 aliphatic rings. The third kappa shape index (κ3) is 2.22. The van der Waals surface area contributed by atoms with E-state index in [1.807, 2.05) is 9.80 Å². The van der Waals surface area contributed by atoms with E-state index >= 15 is 0 Å². The van der Waals surface area contributed by atoms with Crippen molar-refractivity contribution in [1.29, 1.82) is 0 Å². The second kappa shape index (κ2) is 5.01. The van der Waals surface area contributed by atoms with Crippen molar-refractivity contribution in [2.75, 3.05) is 19.6 Å². The second-order valence-electron chi connectivity index (χ2n) is 5.27. The maximum Gasteiger partial charge on any atom is 0.320 e. The Bertz CT molecular complexity index is 438. The number of likely N-dealkylation sites (tertiary alicyclic amines) is 1. The molecule has 0 aliphatic carbocycles. The predicted octanol–water partition coefficient (Wildman–Crippen LogP) is 2.65. The highest BCUT2D eigenvalue weighted by molar-refractivity contribution is 5.74. The van der Waals surface area contributed by atoms with Gasteiger partial charge in [0, 0.05) is 26.2 Å². The normalized spacial score (nSPS) is 19.6. The summed E-state index contributed by atoms with van der Waals surface area (Å²) in [5.41, 5.74) is 2.73. The minimum atomic E-state index is 0.240. The molecule has 0 atom stereocenters. The van der Waals surface area contributed by atoms with Crippen LogP contribution in [-0.4, -0.2) is 35.5 Å². The Kier molecular flexibility index (Phi) is 3.22. The molecule has 0 radical (unpaired) electrons. The molecule has 1 aromatic rings. The first kappa shape index (κ1) is 11.6. The summed E-state index contributed by atoms with van der Waals surface area (Å²) in [6, 6.07) is 8.76. The first-order chi connectivity index (χ1) is 8.84. The number of urea groups is 1. The van der Waals surface area contributed by atoms with Gasteiger partial charge in [-0.1, -0.05) is 24.3 Å². The molecule has 0 spiro atoms. The predicted molar refractivity (Wildman–Crippen MR) is 71.4 cm³/mol. The van der Waals surface area contributed by atoms with Crippen LogP contribution in [0.2, 0.25) is 0 Å². The van der Waals surface area contributed by atoms with Crippen LogP contribution < -0.4 is 0 Å². The van der Waals surface area contributed by atoms with E-state index in [0.29, 0.717) is 0 Å². The lowest BCUT2D eigenvalue weighted by Gasteiger charge is -2.26. The monoisotopic (exact) mass is 244 g/mol. The van der Waals surface area contributed by atoms with Gasteiger partial charge >= 0.3 is 6.03 Å². The van der Waals surface area contributed by atoms with E-state index < -0.39 is 0 Å². The van der Waals surface area contributed by atoms with Gasteiger partial charge in [0.05, 0.1) is 0 Å². The quantitative estimate of drug-likeness (QED) is 0.688. The summed E-state index contributed by atoms with van der Waals surface area (Å²) < 4.78 is 0. The molecule has 0 aromatic heterocycles. The van der Waals surface area contributed by atoms with E-state index in [1.165, 1.54) is 11.1 Å². The van der Waals surface area contributed by atoms with Crippen LogP contribution in [0.3, 0.4) is 0 Å². The number of rotatable bonds is 0. The zero-order valence-corrected chi connectivity index (χ0v) is 10.8. The first-order valence-electron chi connectivity index (χ1n) is 6.95. The van der Waals surface area contributed by atoms with Gasteiger partial charge in [0.15, 0.2) is 0 Å². The fourth-order valence-corrected chi connectivity index (χ4v) is 2.97. The van der Waals surface area contributed by atoms with Gasteiger partial charge in [-0.25, -0.2) is 4.79 Å². The Morgan fingerprint density at radius 3 is 2.33 bits per heavy atom. The number of nitrogens with zero attached hydrogens (tertiary/aromatic N) is 2. The number of hydrogen-bond donors (Lipinski definition) is 0. The summed E-state index contributed by atoms with van der Waals surface area (Å²) in [4.78, 5) is 16.4. The summed E-state index contributed by atoms with van der Waals surface area (Å²) in [5, 5.41) is 0. The van der Waals surface area contributed by atoms with Crippen molar-refractivity contribution in [2.24, 2.45) is 0 Å². The van der Waals surface area contributed by atoms with Crippen molar-refractivity contribution in [3.05, 3.63) is 35.4 Å². The Labute approximate surface area is 108 Å². The van der Waals surface area contributed by atoms with Gasteiger partial charge in [0.25, 0.3) is 0 Å². The van der Waals surface area contributed by atoms with Crippen LogP contribution in [0.5, 0.6) is 0 Å². The zero-order chi connectivity index (χ0) is 12.4.